The number of nitrogens with one attached hydrogen (secondary N) is 1. The molecule has 2 aliphatic rings. The van der Waals surface area contributed by atoms with E-state index < -0.39 is 6.29 Å². The lowest BCUT2D eigenvalue weighted by atomic mass is 9.80. The van der Waals surface area contributed by atoms with Gasteiger partial charge in [-0.05, 0) is 62.8 Å². The highest BCUT2D eigenvalue weighted by Crippen LogP contribution is 2.39. The van der Waals surface area contributed by atoms with Crippen molar-refractivity contribution in [1.82, 2.24) is 5.32 Å². The highest BCUT2D eigenvalue weighted by Gasteiger charge is 2.38. The fourth-order valence-electron chi connectivity index (χ4n) is 3.64. The SMILES string of the molecule is CCO[C@@H]1OC(C(=O)NC2CCC2)=C[C@H](c2ccc(Br)cc2)[C@H]1CCCO. The first-order valence-electron chi connectivity index (χ1n) is 9.79. The Bertz CT molecular complexity index is 657. The summed E-state index contributed by atoms with van der Waals surface area (Å²) in [7, 11) is 0. The predicted octanol–water partition coefficient (Wildman–Crippen LogP) is 3.87. The van der Waals surface area contributed by atoms with Crippen LogP contribution in [0.15, 0.2) is 40.6 Å². The summed E-state index contributed by atoms with van der Waals surface area (Å²) in [5.74, 6) is 0.219. The lowest BCUT2D eigenvalue weighted by molar-refractivity contribution is -0.167. The summed E-state index contributed by atoms with van der Waals surface area (Å²) >= 11 is 3.48. The van der Waals surface area contributed by atoms with Crippen molar-refractivity contribution in [2.45, 2.75) is 57.3 Å². The number of benzene rings is 1. The zero-order valence-electron chi connectivity index (χ0n) is 15.7. The minimum atomic E-state index is -0.498. The van der Waals surface area contributed by atoms with E-state index in [-0.39, 0.29) is 30.4 Å². The third-order valence-corrected chi connectivity index (χ3v) is 5.86. The normalized spacial score (nSPS) is 25.3. The number of carbonyl (C=O) groups is 1. The molecule has 0 saturated heterocycles. The largest absolute Gasteiger partial charge is 0.459 e. The first-order chi connectivity index (χ1) is 13.1. The van der Waals surface area contributed by atoms with Crippen LogP contribution in [0.2, 0.25) is 0 Å². The number of rotatable bonds is 8. The van der Waals surface area contributed by atoms with Gasteiger partial charge in [0.05, 0.1) is 0 Å². The predicted molar refractivity (Wildman–Crippen MR) is 107 cm³/mol. The number of carbonyl (C=O) groups excluding carboxylic acids is 1. The highest BCUT2D eigenvalue weighted by molar-refractivity contribution is 9.10. The summed E-state index contributed by atoms with van der Waals surface area (Å²) in [6.07, 6.45) is 6.08. The molecule has 27 heavy (non-hydrogen) atoms. The Morgan fingerprint density at radius 3 is 2.67 bits per heavy atom. The van der Waals surface area contributed by atoms with Crippen LogP contribution in [-0.2, 0) is 14.3 Å². The fraction of sp³-hybridized carbons (Fsp3) is 0.571. The van der Waals surface area contributed by atoms with Gasteiger partial charge >= 0.3 is 0 Å². The number of allylic oxidation sites excluding steroid dienone is 1. The molecule has 2 N–H and O–H groups in total. The lowest BCUT2D eigenvalue weighted by Gasteiger charge is -2.37. The highest BCUT2D eigenvalue weighted by atomic mass is 79.9. The van der Waals surface area contributed by atoms with Crippen molar-refractivity contribution >= 4 is 21.8 Å². The van der Waals surface area contributed by atoms with Gasteiger partial charge in [0.1, 0.15) is 0 Å². The second-order valence-electron chi connectivity index (χ2n) is 7.18. The lowest BCUT2D eigenvalue weighted by Crippen LogP contribution is -2.43. The van der Waals surface area contributed by atoms with Gasteiger partial charge in [0.25, 0.3) is 5.91 Å². The molecule has 0 radical (unpaired) electrons. The van der Waals surface area contributed by atoms with E-state index >= 15 is 0 Å². The van der Waals surface area contributed by atoms with Gasteiger partial charge in [0.15, 0.2) is 5.76 Å². The van der Waals surface area contributed by atoms with Crippen LogP contribution in [0.4, 0.5) is 0 Å². The topological polar surface area (TPSA) is 67.8 Å². The Balaban J connectivity index is 1.88. The molecule has 3 atom stereocenters. The van der Waals surface area contributed by atoms with Crippen molar-refractivity contribution in [3.05, 3.63) is 46.1 Å². The summed E-state index contributed by atoms with van der Waals surface area (Å²) in [5, 5.41) is 12.4. The van der Waals surface area contributed by atoms with Crippen LogP contribution < -0.4 is 5.32 Å². The Labute approximate surface area is 169 Å². The first kappa shape index (κ1) is 20.4. The van der Waals surface area contributed by atoms with Crippen LogP contribution in [0.25, 0.3) is 0 Å². The molecule has 148 valence electrons. The first-order valence-corrected chi connectivity index (χ1v) is 10.6. The molecule has 1 heterocycles. The molecule has 1 amide bonds. The zero-order chi connectivity index (χ0) is 19.2. The van der Waals surface area contributed by atoms with Crippen molar-refractivity contribution < 1.29 is 19.4 Å². The molecule has 1 aromatic rings. The summed E-state index contributed by atoms with van der Waals surface area (Å²) in [5.41, 5.74) is 1.11. The van der Waals surface area contributed by atoms with Gasteiger partial charge in [-0.1, -0.05) is 28.1 Å². The molecule has 0 aromatic heterocycles. The Hall–Kier alpha value is -1.37. The van der Waals surface area contributed by atoms with Gasteiger partial charge in [-0.3, -0.25) is 4.79 Å². The van der Waals surface area contributed by atoms with Crippen LogP contribution in [0.3, 0.4) is 0 Å². The van der Waals surface area contributed by atoms with E-state index in [2.05, 4.69) is 33.4 Å². The number of halogens is 1. The van der Waals surface area contributed by atoms with E-state index in [1.54, 1.807) is 0 Å². The fourth-order valence-corrected chi connectivity index (χ4v) is 3.90. The number of aliphatic hydroxyl groups is 1. The van der Waals surface area contributed by atoms with E-state index in [0.29, 0.717) is 18.8 Å². The summed E-state index contributed by atoms with van der Waals surface area (Å²) < 4.78 is 12.9. The molecule has 5 nitrogen and oxygen atoms in total. The molecule has 1 aliphatic carbocycles. The molecule has 6 heteroatoms. The molecule has 1 saturated carbocycles. The Morgan fingerprint density at radius 2 is 2.07 bits per heavy atom. The molecule has 0 unspecified atom stereocenters. The molecule has 0 bridgehead atoms. The van der Waals surface area contributed by atoms with Crippen molar-refractivity contribution in [1.29, 1.82) is 0 Å². The van der Waals surface area contributed by atoms with Gasteiger partial charge in [0, 0.05) is 35.6 Å². The molecule has 1 aliphatic heterocycles. The Kier molecular flexibility index (Phi) is 7.33. The van der Waals surface area contributed by atoms with Crippen molar-refractivity contribution in [3.8, 4) is 0 Å². The standard InChI is InChI=1S/C21H28BrNO4/c1-2-26-21-17(7-4-12-24)18(14-8-10-15(22)11-9-14)13-19(27-21)20(25)23-16-5-3-6-16/h8-11,13,16-18,21,24H,2-7,12H2,1H3,(H,23,25)/t17-,18-,21-/m1/s1. The molecule has 1 aromatic carbocycles. The average molecular weight is 438 g/mol. The average Bonchev–Trinajstić information content (AvgIpc) is 2.64. The minimum absolute atomic E-state index is 0.00269. The van der Waals surface area contributed by atoms with E-state index in [1.165, 1.54) is 0 Å². The number of ether oxygens (including phenoxy) is 2. The van der Waals surface area contributed by atoms with Gasteiger partial charge in [0.2, 0.25) is 6.29 Å². The quantitative estimate of drug-likeness (QED) is 0.647. The summed E-state index contributed by atoms with van der Waals surface area (Å²) in [4.78, 5) is 12.7. The second-order valence-corrected chi connectivity index (χ2v) is 8.10. The van der Waals surface area contributed by atoms with Gasteiger partial charge < -0.3 is 19.9 Å². The maximum absolute atomic E-state index is 12.7. The number of aliphatic hydroxyl groups excluding tert-OH is 1. The van der Waals surface area contributed by atoms with E-state index in [9.17, 15) is 9.90 Å². The maximum atomic E-state index is 12.7. The number of hydrogen-bond donors (Lipinski definition) is 2. The number of amides is 1. The van der Waals surface area contributed by atoms with Crippen LogP contribution in [0.5, 0.6) is 0 Å². The van der Waals surface area contributed by atoms with Crippen LogP contribution in [0.1, 0.15) is 50.5 Å². The van der Waals surface area contributed by atoms with E-state index in [4.69, 9.17) is 9.47 Å². The third-order valence-electron chi connectivity index (χ3n) is 5.33. The van der Waals surface area contributed by atoms with E-state index in [1.807, 2.05) is 25.1 Å². The van der Waals surface area contributed by atoms with Crippen molar-refractivity contribution in [2.24, 2.45) is 5.92 Å². The van der Waals surface area contributed by atoms with Gasteiger partial charge in [-0.15, -0.1) is 0 Å². The third kappa shape index (κ3) is 5.12. The molecule has 1 fully saturated rings. The van der Waals surface area contributed by atoms with Crippen LogP contribution in [0, 0.1) is 5.92 Å². The molecule has 0 spiro atoms. The zero-order valence-corrected chi connectivity index (χ0v) is 17.3. The molecule has 3 rings (SSSR count). The van der Waals surface area contributed by atoms with Crippen molar-refractivity contribution in [2.75, 3.05) is 13.2 Å². The molecular weight excluding hydrogens is 410 g/mol. The summed E-state index contributed by atoms with van der Waals surface area (Å²) in [6.45, 7) is 2.56. The maximum Gasteiger partial charge on any atom is 0.286 e. The monoisotopic (exact) mass is 437 g/mol. The second kappa shape index (κ2) is 9.71. The van der Waals surface area contributed by atoms with Gasteiger partial charge in [-0.2, -0.15) is 0 Å². The van der Waals surface area contributed by atoms with Crippen molar-refractivity contribution in [3.63, 3.8) is 0 Å². The number of hydrogen-bond acceptors (Lipinski definition) is 4. The minimum Gasteiger partial charge on any atom is -0.459 e. The smallest absolute Gasteiger partial charge is 0.286 e. The van der Waals surface area contributed by atoms with Crippen LogP contribution in [-0.4, -0.2) is 36.6 Å². The van der Waals surface area contributed by atoms with E-state index in [0.717, 1.165) is 35.7 Å². The Morgan fingerprint density at radius 1 is 1.33 bits per heavy atom. The van der Waals surface area contributed by atoms with Crippen LogP contribution >= 0.6 is 15.9 Å². The molecular formula is C21H28BrNO4. The summed E-state index contributed by atoms with van der Waals surface area (Å²) in [6, 6.07) is 8.39. The van der Waals surface area contributed by atoms with Gasteiger partial charge in [-0.25, -0.2) is 0 Å².